The lowest BCUT2D eigenvalue weighted by atomic mass is 9.98. The number of ether oxygens (including phenoxy) is 2. The van der Waals surface area contributed by atoms with Crippen LogP contribution in [0.1, 0.15) is 55.1 Å². The van der Waals surface area contributed by atoms with E-state index in [4.69, 9.17) is 9.47 Å². The molecule has 0 aliphatic rings. The van der Waals surface area contributed by atoms with E-state index in [2.05, 4.69) is 33.0 Å². The first-order valence-corrected chi connectivity index (χ1v) is 9.57. The minimum atomic E-state index is -0.556. The number of amides is 1. The number of benzene rings is 2. The summed E-state index contributed by atoms with van der Waals surface area (Å²) in [5.74, 6) is 0.340. The van der Waals surface area contributed by atoms with Gasteiger partial charge in [-0.3, -0.25) is 4.79 Å². The highest BCUT2D eigenvalue weighted by molar-refractivity contribution is 5.96. The van der Waals surface area contributed by atoms with Gasteiger partial charge >= 0.3 is 5.97 Å². The van der Waals surface area contributed by atoms with Crippen LogP contribution in [0, 0.1) is 12.8 Å². The molecule has 2 aromatic carbocycles. The van der Waals surface area contributed by atoms with Crippen molar-refractivity contribution in [3.63, 3.8) is 0 Å². The SMILES string of the molecule is Cc1cccc(C(C)C)c1NC(=O)COC(=O)c1cccc(OCC(C)C)c1. The number of para-hydroxylation sites is 1. The predicted molar refractivity (Wildman–Crippen MR) is 111 cm³/mol. The first kappa shape index (κ1) is 21.5. The molecule has 0 radical (unpaired) electrons. The molecule has 0 spiro atoms. The first-order valence-electron chi connectivity index (χ1n) is 9.57. The minimum Gasteiger partial charge on any atom is -0.493 e. The van der Waals surface area contributed by atoms with Crippen molar-refractivity contribution in [3.05, 3.63) is 59.2 Å². The molecule has 0 fully saturated rings. The van der Waals surface area contributed by atoms with Crippen molar-refractivity contribution in [1.82, 2.24) is 0 Å². The smallest absolute Gasteiger partial charge is 0.338 e. The second-order valence-electron chi connectivity index (χ2n) is 7.55. The zero-order valence-electron chi connectivity index (χ0n) is 17.2. The minimum absolute atomic E-state index is 0.270. The quantitative estimate of drug-likeness (QED) is 0.655. The molecule has 1 amide bonds. The Bertz CT molecular complexity index is 827. The molecule has 2 aromatic rings. The molecule has 0 unspecified atom stereocenters. The Hall–Kier alpha value is -2.82. The molecular formula is C23H29NO4. The summed E-state index contributed by atoms with van der Waals surface area (Å²) in [6.45, 7) is 10.4. The van der Waals surface area contributed by atoms with Crippen LogP contribution in [0.25, 0.3) is 0 Å². The summed E-state index contributed by atoms with van der Waals surface area (Å²) in [5, 5.41) is 2.87. The maximum absolute atomic E-state index is 12.3. The van der Waals surface area contributed by atoms with E-state index in [-0.39, 0.29) is 18.4 Å². The molecule has 2 rings (SSSR count). The van der Waals surface area contributed by atoms with Crippen LogP contribution in [0.4, 0.5) is 5.69 Å². The number of anilines is 1. The van der Waals surface area contributed by atoms with Gasteiger partial charge in [0.15, 0.2) is 6.61 Å². The largest absolute Gasteiger partial charge is 0.493 e. The number of carbonyl (C=O) groups is 2. The number of hydrogen-bond acceptors (Lipinski definition) is 4. The van der Waals surface area contributed by atoms with Crippen molar-refractivity contribution in [2.75, 3.05) is 18.5 Å². The van der Waals surface area contributed by atoms with Crippen LogP contribution in [-0.2, 0) is 9.53 Å². The Morgan fingerprint density at radius 2 is 1.75 bits per heavy atom. The predicted octanol–water partition coefficient (Wildman–Crippen LogP) is 4.95. The molecule has 0 aliphatic heterocycles. The van der Waals surface area contributed by atoms with Crippen LogP contribution in [0.3, 0.4) is 0 Å². The Labute approximate surface area is 167 Å². The van der Waals surface area contributed by atoms with Crippen molar-refractivity contribution < 1.29 is 19.1 Å². The lowest BCUT2D eigenvalue weighted by Crippen LogP contribution is -2.22. The van der Waals surface area contributed by atoms with Gasteiger partial charge in [0, 0.05) is 5.69 Å². The molecule has 150 valence electrons. The fourth-order valence-corrected chi connectivity index (χ4v) is 2.71. The zero-order valence-corrected chi connectivity index (χ0v) is 17.2. The molecule has 0 atom stereocenters. The van der Waals surface area contributed by atoms with Crippen molar-refractivity contribution in [3.8, 4) is 5.75 Å². The van der Waals surface area contributed by atoms with Gasteiger partial charge < -0.3 is 14.8 Å². The van der Waals surface area contributed by atoms with Gasteiger partial charge in [0.2, 0.25) is 0 Å². The lowest BCUT2D eigenvalue weighted by molar-refractivity contribution is -0.119. The van der Waals surface area contributed by atoms with Gasteiger partial charge in [0.25, 0.3) is 5.91 Å². The molecule has 0 saturated carbocycles. The Kier molecular flexibility index (Phi) is 7.61. The maximum Gasteiger partial charge on any atom is 0.338 e. The molecule has 5 nitrogen and oxygen atoms in total. The summed E-state index contributed by atoms with van der Waals surface area (Å²) >= 11 is 0. The van der Waals surface area contributed by atoms with Crippen LogP contribution in [0.2, 0.25) is 0 Å². The van der Waals surface area contributed by atoms with E-state index < -0.39 is 5.97 Å². The average Bonchev–Trinajstić information content (AvgIpc) is 2.66. The Morgan fingerprint density at radius 1 is 1.04 bits per heavy atom. The summed E-state index contributed by atoms with van der Waals surface area (Å²) in [5.41, 5.74) is 3.16. The van der Waals surface area contributed by atoms with Crippen LogP contribution >= 0.6 is 0 Å². The molecule has 0 saturated heterocycles. The van der Waals surface area contributed by atoms with Gasteiger partial charge in [0.1, 0.15) is 5.75 Å². The number of hydrogen-bond donors (Lipinski definition) is 1. The molecule has 0 aliphatic carbocycles. The van der Waals surface area contributed by atoms with E-state index in [0.717, 1.165) is 16.8 Å². The van der Waals surface area contributed by atoms with Crippen LogP contribution in [0.15, 0.2) is 42.5 Å². The van der Waals surface area contributed by atoms with E-state index >= 15 is 0 Å². The molecule has 0 aromatic heterocycles. The summed E-state index contributed by atoms with van der Waals surface area (Å²) in [7, 11) is 0. The maximum atomic E-state index is 12.3. The van der Waals surface area contributed by atoms with E-state index in [1.54, 1.807) is 24.3 Å². The van der Waals surface area contributed by atoms with Gasteiger partial charge in [-0.2, -0.15) is 0 Å². The highest BCUT2D eigenvalue weighted by atomic mass is 16.5. The highest BCUT2D eigenvalue weighted by Crippen LogP contribution is 2.27. The second-order valence-corrected chi connectivity index (χ2v) is 7.55. The topological polar surface area (TPSA) is 64.6 Å². The van der Waals surface area contributed by atoms with Gasteiger partial charge in [-0.15, -0.1) is 0 Å². The summed E-state index contributed by atoms with van der Waals surface area (Å²) in [6.07, 6.45) is 0. The normalized spacial score (nSPS) is 10.8. The molecule has 5 heteroatoms. The summed E-state index contributed by atoms with van der Waals surface area (Å²) in [6, 6.07) is 12.7. The standard InChI is InChI=1S/C23H29NO4/c1-15(2)13-27-19-10-7-9-18(12-19)23(26)28-14-21(25)24-22-17(5)8-6-11-20(22)16(3)4/h6-12,15-16H,13-14H2,1-5H3,(H,24,25). The van der Waals surface area contributed by atoms with Crippen LogP contribution < -0.4 is 10.1 Å². The molecule has 28 heavy (non-hydrogen) atoms. The number of rotatable bonds is 8. The first-order chi connectivity index (χ1) is 13.3. The number of aryl methyl sites for hydroxylation is 1. The molecule has 0 heterocycles. The fourth-order valence-electron chi connectivity index (χ4n) is 2.71. The molecule has 1 N–H and O–H groups in total. The molecular weight excluding hydrogens is 354 g/mol. The second kappa shape index (κ2) is 9.93. The number of carbonyl (C=O) groups excluding carboxylic acids is 2. The summed E-state index contributed by atoms with van der Waals surface area (Å²) < 4.78 is 10.8. The van der Waals surface area contributed by atoms with Crippen LogP contribution in [0.5, 0.6) is 5.75 Å². The summed E-state index contributed by atoms with van der Waals surface area (Å²) in [4.78, 5) is 24.6. The van der Waals surface area contributed by atoms with E-state index in [9.17, 15) is 9.59 Å². The van der Waals surface area contributed by atoms with Crippen molar-refractivity contribution in [2.45, 2.75) is 40.5 Å². The van der Waals surface area contributed by atoms with Crippen molar-refractivity contribution in [1.29, 1.82) is 0 Å². The Morgan fingerprint density at radius 3 is 2.43 bits per heavy atom. The lowest BCUT2D eigenvalue weighted by Gasteiger charge is -2.16. The van der Waals surface area contributed by atoms with Gasteiger partial charge in [0.05, 0.1) is 12.2 Å². The van der Waals surface area contributed by atoms with Gasteiger partial charge in [-0.05, 0) is 48.1 Å². The fraction of sp³-hybridized carbons (Fsp3) is 0.391. The van der Waals surface area contributed by atoms with E-state index in [1.165, 1.54) is 0 Å². The Balaban J connectivity index is 1.96. The highest BCUT2D eigenvalue weighted by Gasteiger charge is 2.15. The van der Waals surface area contributed by atoms with Crippen LogP contribution in [-0.4, -0.2) is 25.1 Å². The third-order valence-corrected chi connectivity index (χ3v) is 4.18. The van der Waals surface area contributed by atoms with E-state index in [1.807, 2.05) is 25.1 Å². The van der Waals surface area contributed by atoms with Crippen molar-refractivity contribution in [2.24, 2.45) is 5.92 Å². The number of nitrogens with one attached hydrogen (secondary N) is 1. The third kappa shape index (κ3) is 6.12. The average molecular weight is 383 g/mol. The molecule has 0 bridgehead atoms. The zero-order chi connectivity index (χ0) is 20.7. The number of esters is 1. The monoisotopic (exact) mass is 383 g/mol. The van der Waals surface area contributed by atoms with E-state index in [0.29, 0.717) is 23.8 Å². The van der Waals surface area contributed by atoms with Crippen molar-refractivity contribution >= 4 is 17.6 Å². The third-order valence-electron chi connectivity index (χ3n) is 4.18. The van der Waals surface area contributed by atoms with Gasteiger partial charge in [-0.25, -0.2) is 4.79 Å². The van der Waals surface area contributed by atoms with Gasteiger partial charge in [-0.1, -0.05) is 52.0 Å².